The monoisotopic (exact) mass is 385 g/mol. The summed E-state index contributed by atoms with van der Waals surface area (Å²) in [5.41, 5.74) is 11.0. The van der Waals surface area contributed by atoms with Gasteiger partial charge in [0.2, 0.25) is 4.96 Å². The van der Waals surface area contributed by atoms with E-state index in [0.29, 0.717) is 10.5 Å². The molecule has 2 N–H and O–H groups in total. The first-order valence-electron chi connectivity index (χ1n) is 8.72. The van der Waals surface area contributed by atoms with Crippen molar-refractivity contribution in [2.24, 2.45) is 4.99 Å². The van der Waals surface area contributed by atoms with Crippen molar-refractivity contribution in [3.63, 3.8) is 0 Å². The molecule has 0 radical (unpaired) electrons. The lowest BCUT2D eigenvalue weighted by atomic mass is 10.1. The number of aryl methyl sites for hydroxylation is 1. The molecule has 0 atom stereocenters. The van der Waals surface area contributed by atoms with Gasteiger partial charge < -0.3 is 5.73 Å². The summed E-state index contributed by atoms with van der Waals surface area (Å²) in [4.78, 5) is 21.7. The maximum absolute atomic E-state index is 12.7. The number of nitrogen functional groups attached to an aromatic ring is 1. The van der Waals surface area contributed by atoms with Crippen molar-refractivity contribution in [1.82, 2.24) is 14.6 Å². The Morgan fingerprint density at radius 2 is 1.82 bits per heavy atom. The van der Waals surface area contributed by atoms with Gasteiger partial charge in [-0.1, -0.05) is 53.8 Å². The fourth-order valence-electron chi connectivity index (χ4n) is 3.25. The van der Waals surface area contributed by atoms with Crippen molar-refractivity contribution in [3.05, 3.63) is 75.6 Å². The summed E-state index contributed by atoms with van der Waals surface area (Å²) in [6.45, 7) is 2.02. The molecule has 3 heterocycles. The van der Waals surface area contributed by atoms with Crippen molar-refractivity contribution < 1.29 is 0 Å². The zero-order chi connectivity index (χ0) is 19.3. The number of fused-ring (bicyclic) bond motifs is 2. The molecule has 1 aliphatic rings. The van der Waals surface area contributed by atoms with E-state index < -0.39 is 0 Å². The molecule has 6 nitrogen and oxygen atoms in total. The lowest BCUT2D eigenvalue weighted by Crippen LogP contribution is -2.16. The quantitative estimate of drug-likeness (QED) is 0.566. The highest BCUT2D eigenvalue weighted by molar-refractivity contribution is 7.19. The molecule has 0 fully saturated rings. The van der Waals surface area contributed by atoms with Gasteiger partial charge in [0.15, 0.2) is 0 Å². The van der Waals surface area contributed by atoms with Crippen LogP contribution in [0, 0.1) is 6.92 Å². The third kappa shape index (κ3) is 2.56. The maximum atomic E-state index is 12.7. The molecule has 0 amide bonds. The van der Waals surface area contributed by atoms with Gasteiger partial charge in [-0.2, -0.15) is 14.6 Å². The second-order valence-electron chi connectivity index (χ2n) is 6.51. The number of rotatable bonds is 2. The number of allylic oxidation sites excluding steroid dienone is 1. The third-order valence-corrected chi connectivity index (χ3v) is 5.67. The number of hydrogen-bond acceptors (Lipinski definition) is 6. The van der Waals surface area contributed by atoms with Crippen molar-refractivity contribution >= 4 is 45.7 Å². The number of benzene rings is 2. The number of para-hydroxylation sites is 1. The first kappa shape index (κ1) is 16.6. The number of nitrogens with zero attached hydrogens (tertiary/aromatic N) is 4. The van der Waals surface area contributed by atoms with E-state index in [1.807, 2.05) is 55.5 Å². The van der Waals surface area contributed by atoms with Crippen LogP contribution >= 0.6 is 11.3 Å². The molecule has 1 aliphatic heterocycles. The highest BCUT2D eigenvalue weighted by Crippen LogP contribution is 2.33. The Labute approximate surface area is 164 Å². The number of anilines is 1. The summed E-state index contributed by atoms with van der Waals surface area (Å²) in [7, 11) is 0. The average molecular weight is 385 g/mol. The van der Waals surface area contributed by atoms with Gasteiger partial charge in [0, 0.05) is 22.9 Å². The van der Waals surface area contributed by atoms with Gasteiger partial charge in [-0.25, -0.2) is 0 Å². The Morgan fingerprint density at radius 3 is 2.64 bits per heavy atom. The van der Waals surface area contributed by atoms with Crippen LogP contribution in [0.5, 0.6) is 0 Å². The van der Waals surface area contributed by atoms with Gasteiger partial charge >= 0.3 is 0 Å². The van der Waals surface area contributed by atoms with E-state index in [1.54, 1.807) is 12.3 Å². The van der Waals surface area contributed by atoms with E-state index >= 15 is 0 Å². The Bertz CT molecular complexity index is 1360. The van der Waals surface area contributed by atoms with Crippen LogP contribution in [0.15, 0.2) is 58.3 Å². The number of aliphatic imine (C=N–C) groups is 1. The third-order valence-electron chi connectivity index (χ3n) is 4.72. The Morgan fingerprint density at radius 1 is 1.07 bits per heavy atom. The molecule has 136 valence electrons. The molecular weight excluding hydrogens is 370 g/mol. The molecule has 0 spiro atoms. The molecule has 2 aromatic carbocycles. The molecule has 0 saturated heterocycles. The minimum atomic E-state index is -0.372. The number of hydrogen-bond donors (Lipinski definition) is 1. The standard InChI is InChI=1S/C21H15N5OS/c1-12-6-2-3-7-14(12)20-25-26-18(22)16(19(27)24-21(26)28-20)10-13-11-23-17-9-5-4-8-15(13)17/h2-11H,22H2,1H3/b13-10-. The Kier molecular flexibility index (Phi) is 3.70. The second kappa shape index (κ2) is 6.24. The zero-order valence-corrected chi connectivity index (χ0v) is 15.8. The van der Waals surface area contributed by atoms with Crippen molar-refractivity contribution in [2.75, 3.05) is 5.73 Å². The fourth-order valence-corrected chi connectivity index (χ4v) is 4.24. The molecule has 5 rings (SSSR count). The van der Waals surface area contributed by atoms with Gasteiger partial charge in [-0.15, -0.1) is 0 Å². The molecule has 0 unspecified atom stereocenters. The minimum absolute atomic E-state index is 0.274. The molecule has 7 heteroatoms. The molecule has 0 saturated carbocycles. The topological polar surface area (TPSA) is 85.6 Å². The lowest BCUT2D eigenvalue weighted by Gasteiger charge is -2.03. The van der Waals surface area contributed by atoms with Gasteiger partial charge in [-0.3, -0.25) is 9.79 Å². The highest BCUT2D eigenvalue weighted by atomic mass is 32.1. The summed E-state index contributed by atoms with van der Waals surface area (Å²) in [6.07, 6.45) is 3.47. The number of aromatic nitrogens is 3. The van der Waals surface area contributed by atoms with Crippen LogP contribution in [-0.2, 0) is 0 Å². The van der Waals surface area contributed by atoms with E-state index in [4.69, 9.17) is 5.73 Å². The van der Waals surface area contributed by atoms with Gasteiger partial charge in [-0.05, 0) is 24.6 Å². The predicted octanol–water partition coefficient (Wildman–Crippen LogP) is 3.97. The molecule has 4 aromatic rings. The normalized spacial score (nSPS) is 14.1. The first-order chi connectivity index (χ1) is 13.6. The van der Waals surface area contributed by atoms with E-state index in [-0.39, 0.29) is 11.4 Å². The van der Waals surface area contributed by atoms with Crippen molar-refractivity contribution in [2.45, 2.75) is 6.92 Å². The summed E-state index contributed by atoms with van der Waals surface area (Å²) >= 11 is 1.35. The first-order valence-corrected chi connectivity index (χ1v) is 9.54. The molecular formula is C21H15N5OS. The lowest BCUT2D eigenvalue weighted by molar-refractivity contribution is 0.944. The summed E-state index contributed by atoms with van der Waals surface area (Å²) in [6, 6.07) is 15.7. The Hall–Kier alpha value is -3.58. The van der Waals surface area contributed by atoms with Crippen molar-refractivity contribution in [1.29, 1.82) is 0 Å². The second-order valence-corrected chi connectivity index (χ2v) is 7.46. The summed E-state index contributed by atoms with van der Waals surface area (Å²) in [5.74, 6) is 0.274. The molecule has 0 bridgehead atoms. The van der Waals surface area contributed by atoms with Gasteiger partial charge in [0.1, 0.15) is 10.8 Å². The van der Waals surface area contributed by atoms with Crippen LogP contribution < -0.4 is 11.3 Å². The molecule has 28 heavy (non-hydrogen) atoms. The summed E-state index contributed by atoms with van der Waals surface area (Å²) in [5, 5.41) is 5.38. The predicted molar refractivity (Wildman–Crippen MR) is 114 cm³/mol. The van der Waals surface area contributed by atoms with Crippen molar-refractivity contribution in [3.8, 4) is 10.6 Å². The highest BCUT2D eigenvalue weighted by Gasteiger charge is 2.17. The maximum Gasteiger partial charge on any atom is 0.283 e. The van der Waals surface area contributed by atoms with E-state index in [1.165, 1.54) is 15.9 Å². The van der Waals surface area contributed by atoms with Crippen LogP contribution in [-0.4, -0.2) is 20.8 Å². The van der Waals surface area contributed by atoms with Crippen LogP contribution in [0.4, 0.5) is 11.5 Å². The molecule has 0 aliphatic carbocycles. The van der Waals surface area contributed by atoms with Gasteiger partial charge in [0.05, 0.1) is 11.3 Å². The SMILES string of the molecule is Cc1ccccc1-c1nn2c(N)c(/C=C3/C=Nc4ccccc43)c(=O)nc2s1. The van der Waals surface area contributed by atoms with Gasteiger partial charge in [0.25, 0.3) is 5.56 Å². The van der Waals surface area contributed by atoms with E-state index in [0.717, 1.165) is 33.0 Å². The van der Waals surface area contributed by atoms with Crippen LogP contribution in [0.25, 0.3) is 27.2 Å². The van der Waals surface area contributed by atoms with E-state index in [2.05, 4.69) is 15.1 Å². The van der Waals surface area contributed by atoms with E-state index in [9.17, 15) is 4.79 Å². The fraction of sp³-hybridized carbons (Fsp3) is 0.0476. The Balaban J connectivity index is 1.68. The van der Waals surface area contributed by atoms with Crippen LogP contribution in [0.2, 0.25) is 0 Å². The minimum Gasteiger partial charge on any atom is -0.383 e. The molecule has 2 aromatic heterocycles. The summed E-state index contributed by atoms with van der Waals surface area (Å²) < 4.78 is 1.54. The number of nitrogens with two attached hydrogens (primary N) is 1. The zero-order valence-electron chi connectivity index (χ0n) is 15.0. The smallest absolute Gasteiger partial charge is 0.283 e. The largest absolute Gasteiger partial charge is 0.383 e. The van der Waals surface area contributed by atoms with Crippen LogP contribution in [0.1, 0.15) is 16.7 Å². The van der Waals surface area contributed by atoms with Crippen LogP contribution in [0.3, 0.4) is 0 Å². The average Bonchev–Trinajstić information content (AvgIpc) is 3.30.